The number of ether oxygens (including phenoxy) is 2. The maximum atomic E-state index is 11.0. The molecule has 18 heavy (non-hydrogen) atoms. The lowest BCUT2D eigenvalue weighted by atomic mass is 9.99. The van der Waals surface area contributed by atoms with Crippen molar-refractivity contribution in [1.29, 1.82) is 0 Å². The number of fused-ring (bicyclic) bond motifs is 1. The molecular weight excluding hydrogens is 302 g/mol. The van der Waals surface area contributed by atoms with E-state index in [1.807, 2.05) is 12.1 Å². The van der Waals surface area contributed by atoms with Gasteiger partial charge in [-0.3, -0.25) is 4.79 Å². The standard InChI is InChI=1S/C12H12BrNO4/c13-7-2-8(11-10(3-7)17-5-18-11)9-1-6(4-14-9)12(15)16/h2-3,6,9,14H,1,4-5H2,(H,15,16). The second kappa shape index (κ2) is 4.44. The fourth-order valence-electron chi connectivity index (χ4n) is 2.42. The smallest absolute Gasteiger partial charge is 0.307 e. The molecule has 1 aromatic carbocycles. The summed E-state index contributed by atoms with van der Waals surface area (Å²) in [6, 6.07) is 3.81. The monoisotopic (exact) mass is 313 g/mol. The summed E-state index contributed by atoms with van der Waals surface area (Å²) in [7, 11) is 0. The summed E-state index contributed by atoms with van der Waals surface area (Å²) in [6.07, 6.45) is 0.571. The number of carbonyl (C=O) groups is 1. The summed E-state index contributed by atoms with van der Waals surface area (Å²) in [5.41, 5.74) is 0.959. The molecule has 2 aliphatic rings. The number of carboxylic acids is 1. The van der Waals surface area contributed by atoms with E-state index in [1.54, 1.807) is 0 Å². The van der Waals surface area contributed by atoms with Crippen LogP contribution in [0, 0.1) is 5.92 Å². The fourth-order valence-corrected chi connectivity index (χ4v) is 2.88. The van der Waals surface area contributed by atoms with E-state index in [4.69, 9.17) is 14.6 Å². The summed E-state index contributed by atoms with van der Waals surface area (Å²) in [4.78, 5) is 11.0. The van der Waals surface area contributed by atoms with Crippen LogP contribution in [0.25, 0.3) is 0 Å². The first-order valence-corrected chi connectivity index (χ1v) is 6.49. The Kier molecular flexibility index (Phi) is 2.91. The van der Waals surface area contributed by atoms with Crippen molar-refractivity contribution in [3.8, 4) is 11.5 Å². The quantitative estimate of drug-likeness (QED) is 0.873. The molecule has 2 aliphatic heterocycles. The molecule has 5 nitrogen and oxygen atoms in total. The van der Waals surface area contributed by atoms with Crippen LogP contribution in [0.1, 0.15) is 18.0 Å². The largest absolute Gasteiger partial charge is 0.481 e. The van der Waals surface area contributed by atoms with Crippen LogP contribution in [0.4, 0.5) is 0 Å². The highest BCUT2D eigenvalue weighted by atomic mass is 79.9. The number of nitrogens with one attached hydrogen (secondary N) is 1. The normalized spacial score (nSPS) is 25.4. The first-order valence-electron chi connectivity index (χ1n) is 5.70. The summed E-state index contributed by atoms with van der Waals surface area (Å²) >= 11 is 3.43. The lowest BCUT2D eigenvalue weighted by molar-refractivity contribution is -0.141. The molecule has 2 heterocycles. The lowest BCUT2D eigenvalue weighted by Gasteiger charge is -2.13. The molecule has 0 amide bonds. The Labute approximate surface area is 112 Å². The third-order valence-corrected chi connectivity index (χ3v) is 3.78. The summed E-state index contributed by atoms with van der Waals surface area (Å²) in [6.45, 7) is 0.704. The van der Waals surface area contributed by atoms with Crippen molar-refractivity contribution in [2.45, 2.75) is 12.5 Å². The van der Waals surface area contributed by atoms with Gasteiger partial charge in [0, 0.05) is 22.6 Å². The number of aliphatic carboxylic acids is 1. The Morgan fingerprint density at radius 1 is 1.44 bits per heavy atom. The van der Waals surface area contributed by atoms with Gasteiger partial charge in [0.1, 0.15) is 0 Å². The van der Waals surface area contributed by atoms with E-state index in [1.165, 1.54) is 0 Å². The van der Waals surface area contributed by atoms with Gasteiger partial charge < -0.3 is 19.9 Å². The van der Waals surface area contributed by atoms with Crippen molar-refractivity contribution in [1.82, 2.24) is 5.32 Å². The van der Waals surface area contributed by atoms with Gasteiger partial charge in [0.15, 0.2) is 11.5 Å². The zero-order valence-electron chi connectivity index (χ0n) is 9.48. The van der Waals surface area contributed by atoms with Gasteiger partial charge >= 0.3 is 5.97 Å². The van der Waals surface area contributed by atoms with Crippen molar-refractivity contribution in [3.05, 3.63) is 22.2 Å². The van der Waals surface area contributed by atoms with Crippen LogP contribution < -0.4 is 14.8 Å². The Balaban J connectivity index is 1.91. The lowest BCUT2D eigenvalue weighted by Crippen LogP contribution is -2.17. The van der Waals surface area contributed by atoms with Gasteiger partial charge in [-0.05, 0) is 18.6 Å². The van der Waals surface area contributed by atoms with E-state index in [2.05, 4.69) is 21.2 Å². The van der Waals surface area contributed by atoms with Gasteiger partial charge in [-0.2, -0.15) is 0 Å². The average molecular weight is 314 g/mol. The van der Waals surface area contributed by atoms with Crippen LogP contribution in [0.15, 0.2) is 16.6 Å². The third kappa shape index (κ3) is 1.95. The molecule has 0 spiro atoms. The molecular formula is C12H12BrNO4. The number of hydrogen-bond donors (Lipinski definition) is 2. The van der Waals surface area contributed by atoms with Gasteiger partial charge in [-0.25, -0.2) is 0 Å². The Bertz CT molecular complexity index is 505. The first kappa shape index (κ1) is 11.8. The predicted octanol–water partition coefficient (Wildman–Crippen LogP) is 1.91. The maximum Gasteiger partial charge on any atom is 0.307 e. The van der Waals surface area contributed by atoms with E-state index in [-0.39, 0.29) is 18.8 Å². The minimum absolute atomic E-state index is 0.000880. The second-order valence-corrected chi connectivity index (χ2v) is 5.38. The molecule has 0 saturated carbocycles. The van der Waals surface area contributed by atoms with Crippen molar-refractivity contribution in [2.75, 3.05) is 13.3 Å². The molecule has 2 unspecified atom stereocenters. The van der Waals surface area contributed by atoms with Crippen LogP contribution >= 0.6 is 15.9 Å². The molecule has 2 atom stereocenters. The minimum atomic E-state index is -0.756. The number of halogens is 1. The average Bonchev–Trinajstić information content (AvgIpc) is 2.95. The zero-order chi connectivity index (χ0) is 12.7. The van der Waals surface area contributed by atoms with Gasteiger partial charge in [-0.1, -0.05) is 15.9 Å². The molecule has 96 valence electrons. The molecule has 0 radical (unpaired) electrons. The number of carboxylic acid groups (broad SMARTS) is 1. The third-order valence-electron chi connectivity index (χ3n) is 3.32. The van der Waals surface area contributed by atoms with Crippen LogP contribution in [0.3, 0.4) is 0 Å². The van der Waals surface area contributed by atoms with Gasteiger partial charge in [-0.15, -0.1) is 0 Å². The molecule has 0 aromatic heterocycles. The fraction of sp³-hybridized carbons (Fsp3) is 0.417. The van der Waals surface area contributed by atoms with Crippen LogP contribution in [0.2, 0.25) is 0 Å². The van der Waals surface area contributed by atoms with E-state index in [9.17, 15) is 4.79 Å². The number of hydrogen-bond acceptors (Lipinski definition) is 4. The zero-order valence-corrected chi connectivity index (χ0v) is 11.1. The van der Waals surface area contributed by atoms with E-state index >= 15 is 0 Å². The van der Waals surface area contributed by atoms with Crippen molar-refractivity contribution in [2.24, 2.45) is 5.92 Å². The molecule has 0 bridgehead atoms. The number of benzene rings is 1. The molecule has 1 aromatic rings. The van der Waals surface area contributed by atoms with E-state index in [0.29, 0.717) is 18.7 Å². The van der Waals surface area contributed by atoms with Gasteiger partial charge in [0.2, 0.25) is 6.79 Å². The molecule has 6 heteroatoms. The Hall–Kier alpha value is -1.27. The van der Waals surface area contributed by atoms with Crippen LogP contribution in [-0.4, -0.2) is 24.4 Å². The molecule has 3 rings (SSSR count). The summed E-state index contributed by atoms with van der Waals surface area (Å²) in [5, 5.41) is 12.2. The van der Waals surface area contributed by atoms with Crippen LogP contribution in [-0.2, 0) is 4.79 Å². The molecule has 1 saturated heterocycles. The highest BCUT2D eigenvalue weighted by Crippen LogP contribution is 2.43. The molecule has 1 fully saturated rings. The first-order chi connectivity index (χ1) is 8.65. The van der Waals surface area contributed by atoms with E-state index in [0.717, 1.165) is 15.8 Å². The molecule has 0 aliphatic carbocycles. The Morgan fingerprint density at radius 3 is 3.00 bits per heavy atom. The van der Waals surface area contributed by atoms with Crippen molar-refractivity contribution < 1.29 is 19.4 Å². The number of rotatable bonds is 2. The van der Waals surface area contributed by atoms with Crippen LogP contribution in [0.5, 0.6) is 11.5 Å². The topological polar surface area (TPSA) is 67.8 Å². The van der Waals surface area contributed by atoms with Gasteiger partial charge in [0.25, 0.3) is 0 Å². The molecule has 2 N–H and O–H groups in total. The predicted molar refractivity (Wildman–Crippen MR) is 66.8 cm³/mol. The minimum Gasteiger partial charge on any atom is -0.481 e. The van der Waals surface area contributed by atoms with Crippen molar-refractivity contribution in [3.63, 3.8) is 0 Å². The highest BCUT2D eigenvalue weighted by Gasteiger charge is 2.33. The van der Waals surface area contributed by atoms with Crippen molar-refractivity contribution >= 4 is 21.9 Å². The summed E-state index contributed by atoms with van der Waals surface area (Å²) < 4.78 is 11.7. The second-order valence-electron chi connectivity index (χ2n) is 4.46. The maximum absolute atomic E-state index is 11.0. The summed E-state index contributed by atoms with van der Waals surface area (Å²) in [5.74, 6) is 0.336. The van der Waals surface area contributed by atoms with E-state index < -0.39 is 5.97 Å². The highest BCUT2D eigenvalue weighted by molar-refractivity contribution is 9.10. The Morgan fingerprint density at radius 2 is 2.28 bits per heavy atom. The SMILES string of the molecule is O=C(O)C1CNC(c2cc(Br)cc3c2OCO3)C1. The van der Waals surface area contributed by atoms with Gasteiger partial charge in [0.05, 0.1) is 5.92 Å².